The highest BCUT2D eigenvalue weighted by atomic mass is 79.9. The lowest BCUT2D eigenvalue weighted by Crippen LogP contribution is -2.28. The number of carbonyl (C=O) groups is 2. The molecule has 1 aromatic rings. The topological polar surface area (TPSA) is 68.5 Å². The fourth-order valence-corrected chi connectivity index (χ4v) is 1.96. The van der Waals surface area contributed by atoms with Gasteiger partial charge >= 0.3 is 12.1 Å². The lowest BCUT2D eigenvalue weighted by atomic mass is 10.2. The number of hydrogen-bond acceptors (Lipinski definition) is 3. The first-order valence-electron chi connectivity index (χ1n) is 4.66. The van der Waals surface area contributed by atoms with E-state index in [-0.39, 0.29) is 5.69 Å². The molecule has 1 N–H and O–H groups in total. The van der Waals surface area contributed by atoms with Crippen LogP contribution in [-0.4, -0.2) is 27.3 Å². The van der Waals surface area contributed by atoms with Crippen LogP contribution in [0.1, 0.15) is 31.3 Å². The average Bonchev–Trinajstić information content (AvgIpc) is 2.40. The molecular weight excluding hydrogens is 358 g/mol. The second-order valence-electron chi connectivity index (χ2n) is 4.30. The minimum atomic E-state index is -1.21. The molecule has 7 heteroatoms. The van der Waals surface area contributed by atoms with Crippen LogP contribution in [-0.2, 0) is 4.74 Å². The number of aromatic nitrogens is 1. The van der Waals surface area contributed by atoms with Crippen LogP contribution in [0.4, 0.5) is 4.79 Å². The van der Waals surface area contributed by atoms with Crippen LogP contribution < -0.4 is 0 Å². The Bertz CT molecular complexity index is 473. The van der Waals surface area contributed by atoms with E-state index in [4.69, 9.17) is 9.84 Å². The monoisotopic (exact) mass is 367 g/mol. The molecule has 1 aromatic heterocycles. The molecule has 1 rings (SSSR count). The fourth-order valence-electron chi connectivity index (χ4n) is 1.11. The summed E-state index contributed by atoms with van der Waals surface area (Å²) in [5.41, 5.74) is -0.859. The molecule has 5 nitrogen and oxygen atoms in total. The maximum atomic E-state index is 11.8. The average molecular weight is 369 g/mol. The Morgan fingerprint density at radius 3 is 2.29 bits per heavy atom. The van der Waals surface area contributed by atoms with Gasteiger partial charge in [-0.05, 0) is 52.6 Å². The molecule has 0 aliphatic carbocycles. The molecular formula is C10H11Br2NO4. The third-order valence-electron chi connectivity index (χ3n) is 1.69. The fraction of sp³-hybridized carbons (Fsp3) is 0.400. The van der Waals surface area contributed by atoms with Crippen molar-refractivity contribution in [2.75, 3.05) is 0 Å². The Balaban J connectivity index is 3.19. The molecule has 1 heterocycles. The van der Waals surface area contributed by atoms with Crippen LogP contribution in [0.3, 0.4) is 0 Å². The molecule has 0 amide bonds. The number of carboxylic acids is 1. The number of halogens is 2. The second kappa shape index (κ2) is 4.81. The first-order chi connectivity index (χ1) is 7.63. The first-order valence-corrected chi connectivity index (χ1v) is 6.25. The number of rotatable bonds is 1. The van der Waals surface area contributed by atoms with Gasteiger partial charge in [0, 0.05) is 6.20 Å². The van der Waals surface area contributed by atoms with Crippen molar-refractivity contribution in [1.82, 2.24) is 4.57 Å². The Kier molecular flexibility index (Phi) is 4.03. The molecule has 0 radical (unpaired) electrons. The summed E-state index contributed by atoms with van der Waals surface area (Å²) in [6.45, 7) is 5.12. The van der Waals surface area contributed by atoms with Crippen LogP contribution in [0, 0.1) is 0 Å². The van der Waals surface area contributed by atoms with Crippen LogP contribution in [0.25, 0.3) is 0 Å². The first kappa shape index (κ1) is 14.2. The van der Waals surface area contributed by atoms with E-state index in [0.717, 1.165) is 4.57 Å². The predicted molar refractivity (Wildman–Crippen MR) is 68.4 cm³/mol. The van der Waals surface area contributed by atoms with Crippen molar-refractivity contribution in [3.63, 3.8) is 0 Å². The number of hydrogen-bond donors (Lipinski definition) is 1. The van der Waals surface area contributed by atoms with E-state index in [2.05, 4.69) is 31.9 Å². The van der Waals surface area contributed by atoms with Gasteiger partial charge in [0.15, 0.2) is 5.69 Å². The van der Waals surface area contributed by atoms with Gasteiger partial charge in [-0.1, -0.05) is 0 Å². The van der Waals surface area contributed by atoms with Crippen molar-refractivity contribution in [3.05, 3.63) is 20.8 Å². The van der Waals surface area contributed by atoms with Gasteiger partial charge in [0.1, 0.15) is 5.60 Å². The summed E-state index contributed by atoms with van der Waals surface area (Å²) < 4.78 is 6.82. The SMILES string of the molecule is CC(C)(C)OC(=O)n1cc(Br)c(Br)c1C(=O)O. The Hall–Kier alpha value is -0.820. The zero-order valence-electron chi connectivity index (χ0n) is 9.45. The van der Waals surface area contributed by atoms with Gasteiger partial charge < -0.3 is 9.84 Å². The van der Waals surface area contributed by atoms with E-state index in [1.807, 2.05) is 0 Å². The standard InChI is InChI=1S/C10H11Br2NO4/c1-10(2,3)17-9(16)13-4-5(11)6(12)7(13)8(14)15/h4H,1-3H3,(H,14,15). The molecule has 0 spiro atoms. The smallest absolute Gasteiger partial charge is 0.419 e. The minimum Gasteiger partial charge on any atom is -0.477 e. The maximum absolute atomic E-state index is 11.8. The van der Waals surface area contributed by atoms with E-state index >= 15 is 0 Å². The van der Waals surface area contributed by atoms with Gasteiger partial charge in [-0.2, -0.15) is 0 Å². The number of carbonyl (C=O) groups excluding carboxylic acids is 1. The van der Waals surface area contributed by atoms with Crippen LogP contribution in [0.15, 0.2) is 15.1 Å². The Morgan fingerprint density at radius 2 is 1.88 bits per heavy atom. The summed E-state index contributed by atoms with van der Waals surface area (Å²) >= 11 is 6.24. The molecule has 0 aliphatic rings. The molecule has 0 fully saturated rings. The van der Waals surface area contributed by atoms with E-state index in [1.54, 1.807) is 20.8 Å². The predicted octanol–water partition coefficient (Wildman–Crippen LogP) is 3.49. The number of ether oxygens (including phenoxy) is 1. The highest BCUT2D eigenvalue weighted by Gasteiger charge is 2.26. The summed E-state index contributed by atoms with van der Waals surface area (Å²) in [7, 11) is 0. The maximum Gasteiger partial charge on any atom is 0.419 e. The summed E-state index contributed by atoms with van der Waals surface area (Å²) in [6.07, 6.45) is 0.614. The summed E-state index contributed by atoms with van der Waals surface area (Å²) in [5.74, 6) is -1.21. The van der Waals surface area contributed by atoms with E-state index in [1.165, 1.54) is 6.20 Å². The van der Waals surface area contributed by atoms with E-state index < -0.39 is 17.7 Å². The number of carboxylic acid groups (broad SMARTS) is 1. The second-order valence-corrected chi connectivity index (χ2v) is 5.94. The van der Waals surface area contributed by atoms with Gasteiger partial charge in [0.2, 0.25) is 0 Å². The highest BCUT2D eigenvalue weighted by molar-refractivity contribution is 9.13. The Labute approximate surface area is 115 Å². The summed E-state index contributed by atoms with van der Waals surface area (Å²) in [5, 5.41) is 9.03. The molecule has 0 saturated heterocycles. The highest BCUT2D eigenvalue weighted by Crippen LogP contribution is 2.29. The third kappa shape index (κ3) is 3.32. The van der Waals surface area contributed by atoms with E-state index in [0.29, 0.717) is 8.95 Å². The zero-order chi connectivity index (χ0) is 13.4. The molecule has 0 unspecified atom stereocenters. The molecule has 17 heavy (non-hydrogen) atoms. The number of nitrogens with zero attached hydrogens (tertiary/aromatic N) is 1. The zero-order valence-corrected chi connectivity index (χ0v) is 12.6. The van der Waals surface area contributed by atoms with Gasteiger partial charge in [-0.15, -0.1) is 0 Å². The lowest BCUT2D eigenvalue weighted by molar-refractivity contribution is 0.0505. The molecule has 0 saturated carbocycles. The quantitative estimate of drug-likeness (QED) is 0.823. The molecule has 0 atom stereocenters. The van der Waals surface area contributed by atoms with Gasteiger partial charge in [0.05, 0.1) is 8.95 Å². The van der Waals surface area contributed by atoms with Crippen LogP contribution >= 0.6 is 31.9 Å². The largest absolute Gasteiger partial charge is 0.477 e. The molecule has 94 valence electrons. The lowest BCUT2D eigenvalue weighted by Gasteiger charge is -2.19. The van der Waals surface area contributed by atoms with Crippen molar-refractivity contribution in [2.24, 2.45) is 0 Å². The van der Waals surface area contributed by atoms with Crippen molar-refractivity contribution >= 4 is 43.9 Å². The minimum absolute atomic E-state index is 0.175. The van der Waals surface area contributed by atoms with Crippen molar-refractivity contribution in [1.29, 1.82) is 0 Å². The van der Waals surface area contributed by atoms with Gasteiger partial charge in [-0.3, -0.25) is 0 Å². The van der Waals surface area contributed by atoms with Crippen LogP contribution in [0.5, 0.6) is 0 Å². The molecule has 0 aromatic carbocycles. The normalized spacial score (nSPS) is 11.4. The summed E-state index contributed by atoms with van der Waals surface area (Å²) in [4.78, 5) is 22.8. The van der Waals surface area contributed by atoms with Crippen molar-refractivity contribution in [3.8, 4) is 0 Å². The summed E-state index contributed by atoms with van der Waals surface area (Å²) in [6, 6.07) is 0. The molecule has 0 aliphatic heterocycles. The van der Waals surface area contributed by atoms with Crippen molar-refractivity contribution < 1.29 is 19.4 Å². The number of aromatic carboxylic acids is 1. The molecule has 0 bridgehead atoms. The van der Waals surface area contributed by atoms with Gasteiger partial charge in [-0.25, -0.2) is 14.2 Å². The van der Waals surface area contributed by atoms with Crippen molar-refractivity contribution in [2.45, 2.75) is 26.4 Å². The van der Waals surface area contributed by atoms with Crippen LogP contribution in [0.2, 0.25) is 0 Å². The third-order valence-corrected chi connectivity index (χ3v) is 3.63. The van der Waals surface area contributed by atoms with E-state index in [9.17, 15) is 9.59 Å². The van der Waals surface area contributed by atoms with Gasteiger partial charge in [0.25, 0.3) is 0 Å². The Morgan fingerprint density at radius 1 is 1.35 bits per heavy atom.